The van der Waals surface area contributed by atoms with Gasteiger partial charge in [0.05, 0.1) is 6.42 Å². The molecule has 3 N–H and O–H groups in total. The van der Waals surface area contributed by atoms with Gasteiger partial charge in [-0.05, 0) is 6.42 Å². The van der Waals surface area contributed by atoms with Crippen molar-refractivity contribution in [2.75, 3.05) is 6.61 Å². The first-order valence-corrected chi connectivity index (χ1v) is 13.5. The summed E-state index contributed by atoms with van der Waals surface area (Å²) in [5.74, 6) is -3.50. The van der Waals surface area contributed by atoms with E-state index in [0.29, 0.717) is 0 Å². The summed E-state index contributed by atoms with van der Waals surface area (Å²) in [6, 6.07) is 0. The van der Waals surface area contributed by atoms with Gasteiger partial charge in [-0.25, -0.2) is 6.61 Å². The van der Waals surface area contributed by atoms with Crippen LogP contribution in [0.15, 0.2) is 0 Å². The van der Waals surface area contributed by atoms with Gasteiger partial charge in [0.1, 0.15) is 0 Å². The maximum atomic E-state index is 10.2. The number of hydrogen-bond donors (Lipinski definition) is 3. The first-order valence-electron chi connectivity index (χ1n) is 12.0. The Bertz CT molecular complexity index is 537. The first-order chi connectivity index (χ1) is 15.2. The molecule has 0 saturated carbocycles. The Labute approximate surface area is 223 Å². The van der Waals surface area contributed by atoms with Crippen molar-refractivity contribution in [3.8, 4) is 0 Å². The zero-order chi connectivity index (χ0) is 24.7. The van der Waals surface area contributed by atoms with Gasteiger partial charge < -0.3 is 14.9 Å². The normalized spacial score (nSPS) is 11.7. The van der Waals surface area contributed by atoms with Gasteiger partial charge in [0, 0.05) is 6.61 Å². The van der Waals surface area contributed by atoms with Crippen molar-refractivity contribution in [1.29, 1.82) is 0 Å². The summed E-state index contributed by atoms with van der Waals surface area (Å²) < 4.78 is 34.0. The Morgan fingerprint density at radius 3 is 1.45 bits per heavy atom. The summed E-state index contributed by atoms with van der Waals surface area (Å²) in [5.41, 5.74) is 0. The maximum absolute atomic E-state index is 10.2. The summed E-state index contributed by atoms with van der Waals surface area (Å²) >= 11 is 0. The van der Waals surface area contributed by atoms with Crippen LogP contribution >= 0.6 is 0 Å². The van der Waals surface area contributed by atoms with Crippen molar-refractivity contribution in [3.05, 3.63) is 6.61 Å². The second-order valence-electron chi connectivity index (χ2n) is 7.98. The summed E-state index contributed by atoms with van der Waals surface area (Å²) in [7, 11) is -4.84. The summed E-state index contributed by atoms with van der Waals surface area (Å²) in [5, 5.41) is 13.9. The summed E-state index contributed by atoms with van der Waals surface area (Å²) in [4.78, 5) is 20.0. The van der Waals surface area contributed by atoms with Gasteiger partial charge in [-0.1, -0.05) is 97.3 Å². The first kappa shape index (κ1) is 37.4. The van der Waals surface area contributed by atoms with Crippen LogP contribution in [0.3, 0.4) is 0 Å². The Hall–Kier alpha value is -0.190. The Balaban J connectivity index is -0.000000596. The molecule has 1 unspecified atom stereocenters. The molecule has 0 spiro atoms. The second-order valence-corrected chi connectivity index (χ2v) is 9.58. The van der Waals surface area contributed by atoms with E-state index in [9.17, 15) is 18.0 Å². The number of carboxylic acids is 2. The molecular weight excluding hydrogens is 459 g/mol. The van der Waals surface area contributed by atoms with E-state index in [4.69, 9.17) is 19.5 Å². The molecule has 0 aromatic carbocycles. The number of carbonyl (C=O) groups is 2. The molecule has 0 amide bonds. The molecule has 0 rings (SSSR count). The van der Waals surface area contributed by atoms with Crippen molar-refractivity contribution in [2.45, 2.75) is 122 Å². The fraction of sp³-hybridized carbons (Fsp3) is 0.870. The summed E-state index contributed by atoms with van der Waals surface area (Å²) in [6.45, 7) is 7.25. The predicted octanol–water partition coefficient (Wildman–Crippen LogP) is 2.86. The van der Waals surface area contributed by atoms with Crippen LogP contribution in [0.2, 0.25) is 0 Å². The molecule has 0 aliphatic heterocycles. The molecule has 33 heavy (non-hydrogen) atoms. The van der Waals surface area contributed by atoms with Crippen molar-refractivity contribution < 1.29 is 67.1 Å². The van der Waals surface area contributed by atoms with Crippen LogP contribution in [0.4, 0.5) is 0 Å². The zero-order valence-electron chi connectivity index (χ0n) is 21.0. The molecule has 0 bridgehead atoms. The van der Waals surface area contributed by atoms with Gasteiger partial charge in [-0.2, -0.15) is 14.8 Å². The van der Waals surface area contributed by atoms with E-state index >= 15 is 0 Å². The monoisotopic (exact) mass is 504 g/mol. The maximum Gasteiger partial charge on any atom is 1.00 e. The van der Waals surface area contributed by atoms with Crippen LogP contribution in [0.25, 0.3) is 0 Å². The molecule has 0 radical (unpaired) electrons. The molecule has 8 nitrogen and oxygen atoms in total. The fourth-order valence-electron chi connectivity index (χ4n) is 3.06. The van der Waals surface area contributed by atoms with Gasteiger partial charge in [0.25, 0.3) is 10.1 Å². The van der Waals surface area contributed by atoms with Crippen LogP contribution in [0.5, 0.6) is 0 Å². The molecule has 10 heteroatoms. The third-order valence-electron chi connectivity index (χ3n) is 4.90. The van der Waals surface area contributed by atoms with Crippen molar-refractivity contribution in [1.82, 2.24) is 0 Å². The van der Waals surface area contributed by atoms with E-state index in [1.165, 1.54) is 89.9 Å². The second kappa shape index (κ2) is 26.4. The third kappa shape index (κ3) is 29.8. The van der Waals surface area contributed by atoms with Crippen molar-refractivity contribution in [2.24, 2.45) is 0 Å². The number of aliphatic carboxylic acids is 2. The number of hydrogen-bond acceptors (Lipinski definition) is 5. The van der Waals surface area contributed by atoms with Gasteiger partial charge in [0.15, 0.2) is 5.25 Å². The molecule has 0 heterocycles. The van der Waals surface area contributed by atoms with Gasteiger partial charge in [-0.3, -0.25) is 14.1 Å². The fourth-order valence-corrected chi connectivity index (χ4v) is 3.67. The quantitative estimate of drug-likeness (QED) is 0.0939. The molecular formula is C23H45NaO8S. The molecule has 0 aliphatic carbocycles. The molecule has 0 fully saturated rings. The van der Waals surface area contributed by atoms with Crippen LogP contribution in [0.1, 0.15) is 117 Å². The standard InChI is InChI=1S/C19H39O.C4H6O7S.Na/c1-3-5-6-7-8-9-10-11-12-13-14-15-16-17-19-20-18-4-2;5-3(6)1-2(4(7)8)12(9,10)11;/h18H,3-17,19H2,1-2H3;2H,1H2,(H,5,6)(H,7,8)(H,9,10,11);/q-1;;+1. The molecule has 1 atom stereocenters. The molecule has 0 aromatic heterocycles. The van der Waals surface area contributed by atoms with Crippen molar-refractivity contribution >= 4 is 22.1 Å². The number of ether oxygens (including phenoxy) is 1. The van der Waals surface area contributed by atoms with Crippen LogP contribution in [-0.2, 0) is 24.4 Å². The Morgan fingerprint density at radius 2 is 1.18 bits per heavy atom. The minimum atomic E-state index is -4.84. The van der Waals surface area contributed by atoms with Gasteiger partial charge in [-0.15, -0.1) is 0 Å². The molecule has 192 valence electrons. The van der Waals surface area contributed by atoms with E-state index in [1.807, 2.05) is 6.61 Å². The predicted molar refractivity (Wildman–Crippen MR) is 126 cm³/mol. The zero-order valence-corrected chi connectivity index (χ0v) is 23.8. The van der Waals surface area contributed by atoms with Crippen LogP contribution in [0, 0.1) is 6.61 Å². The number of carboxylic acid groups (broad SMARTS) is 2. The number of unbranched alkanes of at least 4 members (excludes halogenated alkanes) is 13. The minimum absolute atomic E-state index is 0. The van der Waals surface area contributed by atoms with Gasteiger partial charge in [0.2, 0.25) is 0 Å². The Morgan fingerprint density at radius 1 is 0.788 bits per heavy atom. The largest absolute Gasteiger partial charge is 1.00 e. The van der Waals surface area contributed by atoms with Crippen molar-refractivity contribution in [3.63, 3.8) is 0 Å². The van der Waals surface area contributed by atoms with E-state index in [1.54, 1.807) is 0 Å². The van der Waals surface area contributed by atoms with E-state index in [2.05, 4.69) is 13.8 Å². The third-order valence-corrected chi connectivity index (χ3v) is 5.98. The average molecular weight is 505 g/mol. The van der Waals surface area contributed by atoms with Crippen LogP contribution < -0.4 is 29.6 Å². The molecule has 0 aliphatic rings. The molecule has 0 saturated heterocycles. The SMILES string of the molecule is CC[CH-]OCCCCCCCCCCCCCCCC.O=C(O)CC(C(=O)O)S(=O)(=O)O.[Na+]. The van der Waals surface area contributed by atoms with Crippen LogP contribution in [-0.4, -0.2) is 47.0 Å². The van der Waals surface area contributed by atoms with E-state index in [0.717, 1.165) is 13.0 Å². The Kier molecular flexibility index (Phi) is 29.9. The smallest absolute Gasteiger partial charge is 0.552 e. The van der Waals surface area contributed by atoms with E-state index < -0.39 is 33.7 Å². The number of rotatable bonds is 21. The minimum Gasteiger partial charge on any atom is -0.552 e. The van der Waals surface area contributed by atoms with Gasteiger partial charge >= 0.3 is 41.5 Å². The van der Waals surface area contributed by atoms with E-state index in [-0.39, 0.29) is 29.6 Å². The topological polar surface area (TPSA) is 138 Å². The average Bonchev–Trinajstić information content (AvgIpc) is 2.71. The summed E-state index contributed by atoms with van der Waals surface area (Å²) in [6.07, 6.45) is 19.7. The molecule has 0 aromatic rings.